The lowest BCUT2D eigenvalue weighted by molar-refractivity contribution is 0.0959. The van der Waals surface area contributed by atoms with E-state index in [2.05, 4.69) is 5.32 Å². The van der Waals surface area contributed by atoms with E-state index in [9.17, 15) is 9.59 Å². The molecule has 6 heteroatoms. The molecule has 0 saturated carbocycles. The van der Waals surface area contributed by atoms with Gasteiger partial charge >= 0.3 is 12.1 Å². The summed E-state index contributed by atoms with van der Waals surface area (Å²) in [5.41, 5.74) is 0. The highest BCUT2D eigenvalue weighted by molar-refractivity contribution is 5.75. The van der Waals surface area contributed by atoms with Gasteiger partial charge in [0.1, 0.15) is 0 Å². The lowest BCUT2D eigenvalue weighted by Gasteiger charge is -2.40. The topological polar surface area (TPSA) is 72.9 Å². The molecule has 17 heavy (non-hydrogen) atoms. The van der Waals surface area contributed by atoms with E-state index in [1.165, 1.54) is 4.90 Å². The average molecular weight is 241 g/mol. The Morgan fingerprint density at radius 2 is 1.94 bits per heavy atom. The number of carboxylic acid groups (broad SMARTS) is 1. The van der Waals surface area contributed by atoms with Gasteiger partial charge < -0.3 is 20.2 Å². The van der Waals surface area contributed by atoms with Crippen molar-refractivity contribution >= 4 is 12.1 Å². The van der Waals surface area contributed by atoms with Gasteiger partial charge in [-0.2, -0.15) is 0 Å². The fourth-order valence-electron chi connectivity index (χ4n) is 2.52. The number of piperidine rings is 1. The molecule has 2 heterocycles. The van der Waals surface area contributed by atoms with E-state index in [4.69, 9.17) is 5.11 Å². The van der Waals surface area contributed by atoms with Crippen molar-refractivity contribution in [3.63, 3.8) is 0 Å². The van der Waals surface area contributed by atoms with Crippen LogP contribution in [0.4, 0.5) is 9.59 Å². The number of carbonyl (C=O) groups is 2. The van der Waals surface area contributed by atoms with Gasteiger partial charge in [-0.1, -0.05) is 0 Å². The predicted octanol–water partition coefficient (Wildman–Crippen LogP) is 0.933. The van der Waals surface area contributed by atoms with Crippen molar-refractivity contribution < 1.29 is 14.7 Å². The fourth-order valence-corrected chi connectivity index (χ4v) is 2.52. The number of hydrogen-bond donors (Lipinski definition) is 2. The van der Waals surface area contributed by atoms with Crippen molar-refractivity contribution in [3.05, 3.63) is 0 Å². The highest BCUT2D eigenvalue weighted by Crippen LogP contribution is 2.19. The Hall–Kier alpha value is -1.46. The number of likely N-dealkylation sites (tertiary alicyclic amines) is 1. The zero-order chi connectivity index (χ0) is 12.4. The molecule has 0 aromatic heterocycles. The molecule has 0 bridgehead atoms. The van der Waals surface area contributed by atoms with Crippen molar-refractivity contribution in [2.45, 2.75) is 38.3 Å². The molecular formula is C11H19N3O3. The summed E-state index contributed by atoms with van der Waals surface area (Å²) in [5, 5.41) is 11.8. The molecular weight excluding hydrogens is 222 g/mol. The minimum absolute atomic E-state index is 0.00229. The van der Waals surface area contributed by atoms with Gasteiger partial charge in [0.15, 0.2) is 0 Å². The van der Waals surface area contributed by atoms with E-state index in [1.54, 1.807) is 0 Å². The Bertz CT molecular complexity index is 313. The van der Waals surface area contributed by atoms with Gasteiger partial charge in [0.2, 0.25) is 0 Å². The number of urea groups is 1. The van der Waals surface area contributed by atoms with Gasteiger partial charge in [0, 0.05) is 31.7 Å². The van der Waals surface area contributed by atoms with Gasteiger partial charge in [-0.05, 0) is 26.2 Å². The van der Waals surface area contributed by atoms with Crippen LogP contribution in [0.1, 0.15) is 26.2 Å². The standard InChI is InChI=1S/C11H19N3O3/c1-8-2-7-14(10(15)12-8)9-3-5-13(6-4-9)11(16)17/h8-9H,2-7H2,1H3,(H,12,15)(H,16,17). The Morgan fingerprint density at radius 1 is 1.29 bits per heavy atom. The molecule has 0 spiro atoms. The summed E-state index contributed by atoms with van der Waals surface area (Å²) in [6.45, 7) is 3.84. The van der Waals surface area contributed by atoms with Gasteiger partial charge in [0.05, 0.1) is 0 Å². The van der Waals surface area contributed by atoms with Gasteiger partial charge in [-0.3, -0.25) is 0 Å². The maximum Gasteiger partial charge on any atom is 0.407 e. The molecule has 3 amide bonds. The SMILES string of the molecule is CC1CCN(C2CCN(C(=O)O)CC2)C(=O)N1. The lowest BCUT2D eigenvalue weighted by atomic mass is 10.0. The van der Waals surface area contributed by atoms with E-state index in [0.29, 0.717) is 13.1 Å². The number of amides is 3. The summed E-state index contributed by atoms with van der Waals surface area (Å²) in [6.07, 6.45) is 1.59. The highest BCUT2D eigenvalue weighted by Gasteiger charge is 2.32. The van der Waals surface area contributed by atoms with E-state index < -0.39 is 6.09 Å². The fraction of sp³-hybridized carbons (Fsp3) is 0.818. The summed E-state index contributed by atoms with van der Waals surface area (Å²) >= 11 is 0. The first-order valence-corrected chi connectivity index (χ1v) is 6.13. The Kier molecular flexibility index (Phi) is 3.40. The van der Waals surface area contributed by atoms with Crippen LogP contribution in [0.25, 0.3) is 0 Å². The van der Waals surface area contributed by atoms with Crippen LogP contribution >= 0.6 is 0 Å². The van der Waals surface area contributed by atoms with Crippen LogP contribution in [0.5, 0.6) is 0 Å². The van der Waals surface area contributed by atoms with Crippen LogP contribution in [0.3, 0.4) is 0 Å². The Balaban J connectivity index is 1.88. The molecule has 6 nitrogen and oxygen atoms in total. The molecule has 2 saturated heterocycles. The quantitative estimate of drug-likeness (QED) is 0.717. The second-order valence-electron chi connectivity index (χ2n) is 4.83. The van der Waals surface area contributed by atoms with Crippen LogP contribution in [0.2, 0.25) is 0 Å². The molecule has 96 valence electrons. The largest absolute Gasteiger partial charge is 0.465 e. The molecule has 2 N–H and O–H groups in total. The van der Waals surface area contributed by atoms with Crippen LogP contribution in [-0.2, 0) is 0 Å². The third-order valence-electron chi connectivity index (χ3n) is 3.61. The van der Waals surface area contributed by atoms with Gasteiger partial charge in [-0.25, -0.2) is 9.59 Å². The maximum absolute atomic E-state index is 11.8. The first kappa shape index (κ1) is 12.0. The number of carbonyl (C=O) groups excluding carboxylic acids is 1. The Morgan fingerprint density at radius 3 is 2.47 bits per heavy atom. The van der Waals surface area contributed by atoms with Crippen LogP contribution in [0.15, 0.2) is 0 Å². The van der Waals surface area contributed by atoms with Crippen molar-refractivity contribution in [1.82, 2.24) is 15.1 Å². The van der Waals surface area contributed by atoms with E-state index >= 15 is 0 Å². The molecule has 0 aromatic rings. The van der Waals surface area contributed by atoms with E-state index in [0.717, 1.165) is 25.8 Å². The predicted molar refractivity (Wildman–Crippen MR) is 61.9 cm³/mol. The van der Waals surface area contributed by atoms with Crippen LogP contribution < -0.4 is 5.32 Å². The van der Waals surface area contributed by atoms with Crippen molar-refractivity contribution in [2.75, 3.05) is 19.6 Å². The van der Waals surface area contributed by atoms with Crippen LogP contribution in [0, 0.1) is 0 Å². The molecule has 1 unspecified atom stereocenters. The first-order chi connectivity index (χ1) is 8.08. The zero-order valence-corrected chi connectivity index (χ0v) is 10.1. The van der Waals surface area contributed by atoms with Crippen molar-refractivity contribution in [3.8, 4) is 0 Å². The number of rotatable bonds is 1. The number of nitrogens with zero attached hydrogens (tertiary/aromatic N) is 2. The summed E-state index contributed by atoms with van der Waals surface area (Å²) in [6, 6.07) is 0.438. The summed E-state index contributed by atoms with van der Waals surface area (Å²) in [4.78, 5) is 25.9. The third kappa shape index (κ3) is 2.62. The monoisotopic (exact) mass is 241 g/mol. The molecule has 2 aliphatic heterocycles. The molecule has 2 aliphatic rings. The first-order valence-electron chi connectivity index (χ1n) is 6.13. The molecule has 2 rings (SSSR count). The minimum Gasteiger partial charge on any atom is -0.465 e. The molecule has 1 atom stereocenters. The smallest absolute Gasteiger partial charge is 0.407 e. The van der Waals surface area contributed by atoms with Gasteiger partial charge in [-0.15, -0.1) is 0 Å². The van der Waals surface area contributed by atoms with Crippen molar-refractivity contribution in [1.29, 1.82) is 0 Å². The molecule has 2 fully saturated rings. The number of hydrogen-bond acceptors (Lipinski definition) is 2. The van der Waals surface area contributed by atoms with Gasteiger partial charge in [0.25, 0.3) is 0 Å². The molecule has 0 aliphatic carbocycles. The summed E-state index contributed by atoms with van der Waals surface area (Å²) < 4.78 is 0. The summed E-state index contributed by atoms with van der Waals surface area (Å²) in [5.74, 6) is 0. The van der Waals surface area contributed by atoms with E-state index in [1.807, 2.05) is 11.8 Å². The second kappa shape index (κ2) is 4.81. The van der Waals surface area contributed by atoms with E-state index in [-0.39, 0.29) is 18.1 Å². The summed E-state index contributed by atoms with van der Waals surface area (Å²) in [7, 11) is 0. The molecule has 0 aromatic carbocycles. The average Bonchev–Trinajstić information content (AvgIpc) is 2.29. The minimum atomic E-state index is -0.861. The third-order valence-corrected chi connectivity index (χ3v) is 3.61. The zero-order valence-electron chi connectivity index (χ0n) is 10.1. The maximum atomic E-state index is 11.8. The van der Waals surface area contributed by atoms with Crippen molar-refractivity contribution in [2.24, 2.45) is 0 Å². The molecule has 0 radical (unpaired) electrons. The van der Waals surface area contributed by atoms with Crippen LogP contribution in [-0.4, -0.2) is 58.7 Å². The lowest BCUT2D eigenvalue weighted by Crippen LogP contribution is -2.56. The second-order valence-corrected chi connectivity index (χ2v) is 4.83. The normalized spacial score (nSPS) is 26.9. The highest BCUT2D eigenvalue weighted by atomic mass is 16.4. The number of nitrogens with one attached hydrogen (secondary N) is 1. The Labute approximate surface area is 101 Å².